The summed E-state index contributed by atoms with van der Waals surface area (Å²) in [6, 6.07) is 5.46. The lowest BCUT2D eigenvalue weighted by molar-refractivity contribution is -0.384. The number of carboxylic acid groups (broad SMARTS) is 1. The summed E-state index contributed by atoms with van der Waals surface area (Å²) in [5, 5.41) is 22.8. The van der Waals surface area contributed by atoms with Gasteiger partial charge in [0.25, 0.3) is 5.69 Å². The highest BCUT2D eigenvalue weighted by Gasteiger charge is 2.19. The number of nitro benzene ring substituents is 1. The number of non-ortho nitro benzene ring substituents is 1. The van der Waals surface area contributed by atoms with E-state index in [1.165, 1.54) is 24.3 Å². The van der Waals surface area contributed by atoms with Crippen LogP contribution in [-0.4, -0.2) is 21.2 Å². The lowest BCUT2D eigenvalue weighted by Crippen LogP contribution is -2.05. The Morgan fingerprint density at radius 2 is 2.10 bits per heavy atom. The van der Waals surface area contributed by atoms with Gasteiger partial charge in [0, 0.05) is 12.1 Å². The van der Waals surface area contributed by atoms with Crippen molar-refractivity contribution in [1.82, 2.24) is 5.16 Å². The number of hydrogen-bond donors (Lipinski definition) is 1. The third-order valence-electron chi connectivity index (χ3n) is 2.62. The lowest BCUT2D eigenvalue weighted by atomic mass is 10.2. The summed E-state index contributed by atoms with van der Waals surface area (Å²) in [5.74, 6) is -0.471. The molecule has 0 aliphatic heterocycles. The topological polar surface area (TPSA) is 116 Å². The minimum atomic E-state index is -1.20. The maximum absolute atomic E-state index is 10.9. The zero-order valence-corrected chi connectivity index (χ0v) is 10.4. The van der Waals surface area contributed by atoms with Crippen LogP contribution >= 0.6 is 0 Å². The van der Waals surface area contributed by atoms with E-state index in [1.807, 2.05) is 0 Å². The lowest BCUT2D eigenvalue weighted by Gasteiger charge is -2.05. The van der Waals surface area contributed by atoms with Gasteiger partial charge in [-0.3, -0.25) is 10.1 Å². The minimum absolute atomic E-state index is 0.0468. The van der Waals surface area contributed by atoms with Gasteiger partial charge in [-0.1, -0.05) is 5.16 Å². The number of ether oxygens (including phenoxy) is 1. The Hall–Kier alpha value is -2.90. The van der Waals surface area contributed by atoms with E-state index in [0.29, 0.717) is 17.1 Å². The molecule has 2 aromatic rings. The average Bonchev–Trinajstić information content (AvgIpc) is 2.78. The Morgan fingerprint density at radius 1 is 1.45 bits per heavy atom. The normalized spacial score (nSPS) is 10.2. The van der Waals surface area contributed by atoms with Gasteiger partial charge in [0.1, 0.15) is 18.1 Å². The fourth-order valence-corrected chi connectivity index (χ4v) is 1.55. The molecule has 0 aliphatic rings. The van der Waals surface area contributed by atoms with Crippen molar-refractivity contribution < 1.29 is 24.1 Å². The van der Waals surface area contributed by atoms with Crippen molar-refractivity contribution in [3.63, 3.8) is 0 Å². The van der Waals surface area contributed by atoms with Gasteiger partial charge in [-0.2, -0.15) is 0 Å². The molecule has 8 nitrogen and oxygen atoms in total. The molecule has 0 spiro atoms. The number of nitro groups is 1. The highest BCUT2D eigenvalue weighted by molar-refractivity contribution is 5.87. The smallest absolute Gasteiger partial charge is 0.358 e. The molecule has 0 fully saturated rings. The number of hydrogen-bond acceptors (Lipinski definition) is 6. The first kappa shape index (κ1) is 13.5. The van der Waals surface area contributed by atoms with Crippen LogP contribution in [-0.2, 0) is 6.61 Å². The van der Waals surface area contributed by atoms with Crippen LogP contribution in [0.5, 0.6) is 5.75 Å². The molecule has 8 heteroatoms. The first-order valence-electron chi connectivity index (χ1n) is 5.54. The largest absolute Gasteiger partial charge is 0.489 e. The van der Waals surface area contributed by atoms with Gasteiger partial charge in [-0.05, 0) is 19.1 Å². The maximum atomic E-state index is 10.9. The van der Waals surface area contributed by atoms with Crippen LogP contribution in [0.15, 0.2) is 28.8 Å². The Bertz CT molecular complexity index is 646. The molecule has 0 radical (unpaired) electrons. The summed E-state index contributed by atoms with van der Waals surface area (Å²) in [7, 11) is 0. The van der Waals surface area contributed by atoms with Crippen LogP contribution < -0.4 is 4.74 Å². The number of rotatable bonds is 5. The predicted molar refractivity (Wildman–Crippen MR) is 65.6 cm³/mol. The summed E-state index contributed by atoms with van der Waals surface area (Å²) in [5.41, 5.74) is 0.0741. The second-order valence-electron chi connectivity index (χ2n) is 3.91. The Balaban J connectivity index is 2.11. The SMILES string of the molecule is Cc1onc(C(=O)O)c1COc1ccc([N+](=O)[O-])cc1. The Kier molecular flexibility index (Phi) is 3.65. The molecule has 1 aromatic heterocycles. The molecule has 0 unspecified atom stereocenters. The fraction of sp³-hybridized carbons (Fsp3) is 0.167. The molecule has 0 atom stereocenters. The van der Waals surface area contributed by atoms with Crippen LogP contribution in [0.3, 0.4) is 0 Å². The van der Waals surface area contributed by atoms with Crippen LogP contribution in [0.2, 0.25) is 0 Å². The summed E-state index contributed by atoms with van der Waals surface area (Å²) in [6.07, 6.45) is 0. The first-order chi connectivity index (χ1) is 9.49. The zero-order valence-electron chi connectivity index (χ0n) is 10.4. The number of benzene rings is 1. The fourth-order valence-electron chi connectivity index (χ4n) is 1.55. The average molecular weight is 278 g/mol. The maximum Gasteiger partial charge on any atom is 0.358 e. The highest BCUT2D eigenvalue weighted by Crippen LogP contribution is 2.20. The predicted octanol–water partition coefficient (Wildman–Crippen LogP) is 2.17. The van der Waals surface area contributed by atoms with E-state index in [0.717, 1.165) is 0 Å². The van der Waals surface area contributed by atoms with Crippen LogP contribution in [0, 0.1) is 17.0 Å². The summed E-state index contributed by atoms with van der Waals surface area (Å²) in [4.78, 5) is 20.9. The van der Waals surface area contributed by atoms with Crippen molar-refractivity contribution in [2.75, 3.05) is 0 Å². The molecule has 0 aliphatic carbocycles. The van der Waals surface area contributed by atoms with Gasteiger partial charge in [0.2, 0.25) is 0 Å². The van der Waals surface area contributed by atoms with Gasteiger partial charge in [0.05, 0.1) is 10.5 Å². The molecule has 104 valence electrons. The van der Waals surface area contributed by atoms with Crippen molar-refractivity contribution in [2.24, 2.45) is 0 Å². The zero-order chi connectivity index (χ0) is 14.7. The molecule has 0 saturated carbocycles. The molecule has 2 rings (SSSR count). The quantitative estimate of drug-likeness (QED) is 0.658. The second-order valence-corrected chi connectivity index (χ2v) is 3.91. The number of carboxylic acids is 1. The second kappa shape index (κ2) is 5.39. The van der Waals surface area contributed by atoms with Gasteiger partial charge >= 0.3 is 5.97 Å². The van der Waals surface area contributed by atoms with Gasteiger partial charge in [-0.15, -0.1) is 0 Å². The molecule has 1 N–H and O–H groups in total. The monoisotopic (exact) mass is 278 g/mol. The summed E-state index contributed by atoms with van der Waals surface area (Å²) < 4.78 is 10.2. The van der Waals surface area contributed by atoms with E-state index in [-0.39, 0.29) is 18.0 Å². The molecular formula is C12H10N2O6. The molecule has 0 amide bonds. The molecule has 1 aromatic carbocycles. The number of carbonyl (C=O) groups is 1. The third kappa shape index (κ3) is 2.74. The molecular weight excluding hydrogens is 268 g/mol. The van der Waals surface area contributed by atoms with Gasteiger partial charge < -0.3 is 14.4 Å². The van der Waals surface area contributed by atoms with Crippen LogP contribution in [0.4, 0.5) is 5.69 Å². The Labute approximate surface area is 112 Å². The van der Waals surface area contributed by atoms with Crippen molar-refractivity contribution in [3.8, 4) is 5.75 Å². The van der Waals surface area contributed by atoms with Crippen LogP contribution in [0.25, 0.3) is 0 Å². The van der Waals surface area contributed by atoms with E-state index >= 15 is 0 Å². The van der Waals surface area contributed by atoms with Crippen molar-refractivity contribution >= 4 is 11.7 Å². The summed E-state index contributed by atoms with van der Waals surface area (Å²) in [6.45, 7) is 1.53. The van der Waals surface area contributed by atoms with Gasteiger partial charge in [0.15, 0.2) is 5.69 Å². The highest BCUT2D eigenvalue weighted by atomic mass is 16.6. The standard InChI is InChI=1S/C12H10N2O6/c1-7-10(11(12(15)16)13-20-7)6-19-9-4-2-8(3-5-9)14(17)18/h2-5H,6H2,1H3,(H,15,16). The van der Waals surface area contributed by atoms with Crippen molar-refractivity contribution in [2.45, 2.75) is 13.5 Å². The molecule has 0 bridgehead atoms. The molecule has 0 saturated heterocycles. The van der Waals surface area contributed by atoms with E-state index < -0.39 is 10.9 Å². The van der Waals surface area contributed by atoms with Crippen molar-refractivity contribution in [1.29, 1.82) is 0 Å². The number of aryl methyl sites for hydroxylation is 1. The van der Waals surface area contributed by atoms with Gasteiger partial charge in [-0.25, -0.2) is 4.79 Å². The number of aromatic nitrogens is 1. The van der Waals surface area contributed by atoms with E-state index in [2.05, 4.69) is 5.16 Å². The molecule has 1 heterocycles. The van der Waals surface area contributed by atoms with Crippen LogP contribution in [0.1, 0.15) is 21.8 Å². The van der Waals surface area contributed by atoms with Crippen molar-refractivity contribution in [3.05, 3.63) is 51.4 Å². The third-order valence-corrected chi connectivity index (χ3v) is 2.62. The van der Waals surface area contributed by atoms with E-state index in [1.54, 1.807) is 6.92 Å². The summed E-state index contributed by atoms with van der Waals surface area (Å²) >= 11 is 0. The Morgan fingerprint density at radius 3 is 2.65 bits per heavy atom. The number of aromatic carboxylic acids is 1. The van der Waals surface area contributed by atoms with E-state index in [9.17, 15) is 14.9 Å². The van der Waals surface area contributed by atoms with E-state index in [4.69, 9.17) is 14.4 Å². The molecule has 20 heavy (non-hydrogen) atoms. The first-order valence-corrected chi connectivity index (χ1v) is 5.54. The minimum Gasteiger partial charge on any atom is -0.489 e. The number of nitrogens with zero attached hydrogens (tertiary/aromatic N) is 2.